The van der Waals surface area contributed by atoms with Gasteiger partial charge in [-0.3, -0.25) is 4.99 Å². The van der Waals surface area contributed by atoms with Gasteiger partial charge in [0.1, 0.15) is 0 Å². The molecule has 0 aliphatic carbocycles. The largest absolute Gasteiger partial charge is 0.346 e. The molecule has 0 atom stereocenters. The maximum atomic E-state index is 5.41. The number of imidazole rings is 1. The number of H-pyrrole nitrogens is 1. The topological polar surface area (TPSA) is 79.1 Å². The van der Waals surface area contributed by atoms with Gasteiger partial charge in [-0.2, -0.15) is 0 Å². The fraction of sp³-hybridized carbons (Fsp3) is 0.333. The summed E-state index contributed by atoms with van der Waals surface area (Å²) in [7, 11) is 1.68. The number of nitrogens with two attached hydrogens (primary N) is 1. The maximum absolute atomic E-state index is 5.41. The number of nitrogens with zero attached hydrogens (tertiary/aromatic N) is 2. The van der Waals surface area contributed by atoms with Crippen LogP contribution in [0.5, 0.6) is 0 Å². The predicted octanol–water partition coefficient (Wildman–Crippen LogP) is -0.0616. The smallest absolute Gasteiger partial charge is 0.153 e. The van der Waals surface area contributed by atoms with Crippen LogP contribution in [0.15, 0.2) is 11.3 Å². The van der Waals surface area contributed by atoms with Gasteiger partial charge < -0.3 is 16.0 Å². The number of aliphatic imine (C=N–C) groups is 1. The van der Waals surface area contributed by atoms with E-state index in [-0.39, 0.29) is 0 Å². The van der Waals surface area contributed by atoms with Gasteiger partial charge in [0.15, 0.2) is 5.82 Å². The molecule has 0 aromatic carbocycles. The van der Waals surface area contributed by atoms with E-state index in [0.29, 0.717) is 6.54 Å². The van der Waals surface area contributed by atoms with E-state index in [1.165, 1.54) is 0 Å². The van der Waals surface area contributed by atoms with E-state index >= 15 is 0 Å². The van der Waals surface area contributed by atoms with Gasteiger partial charge >= 0.3 is 0 Å². The molecule has 4 N–H and O–H groups in total. The van der Waals surface area contributed by atoms with Crippen LogP contribution in [0.2, 0.25) is 0 Å². The summed E-state index contributed by atoms with van der Waals surface area (Å²) >= 11 is 0. The second-order valence-electron chi connectivity index (χ2n) is 1.97. The Morgan fingerprint density at radius 1 is 1.91 bits per heavy atom. The lowest BCUT2D eigenvalue weighted by molar-refractivity contribution is 1.01. The van der Waals surface area contributed by atoms with Crippen LogP contribution in [0, 0.1) is 0 Å². The minimum Gasteiger partial charge on any atom is -0.346 e. The normalized spacial score (nSPS) is 10.7. The molecule has 0 unspecified atom stereocenters. The fourth-order valence-corrected chi connectivity index (χ4v) is 0.727. The molecule has 0 aliphatic heterocycles. The number of aromatic amines is 1. The molecule has 60 valence electrons. The molecule has 5 nitrogen and oxygen atoms in total. The number of aromatic nitrogens is 2. The Bertz CT molecular complexity index is 239. The zero-order valence-corrected chi connectivity index (χ0v) is 6.33. The van der Waals surface area contributed by atoms with Gasteiger partial charge in [-0.05, 0) is 0 Å². The summed E-state index contributed by atoms with van der Waals surface area (Å²) in [5, 5.41) is 2.88. The molecule has 0 spiro atoms. The number of nitrogens with one attached hydrogen (secondary N) is 2. The highest BCUT2D eigenvalue weighted by Gasteiger charge is 1.99. The molecule has 0 saturated heterocycles. The highest BCUT2D eigenvalue weighted by Crippen LogP contribution is 2.05. The monoisotopic (exact) mass is 153 g/mol. The van der Waals surface area contributed by atoms with Gasteiger partial charge in [0.05, 0.1) is 18.4 Å². The average molecular weight is 153 g/mol. The Morgan fingerprint density at radius 2 is 2.73 bits per heavy atom. The first-order valence-electron chi connectivity index (χ1n) is 3.28. The molecule has 5 heteroatoms. The van der Waals surface area contributed by atoms with Crippen LogP contribution in [0.1, 0.15) is 5.69 Å². The number of anilines is 1. The Labute approximate surface area is 64.7 Å². The highest BCUT2D eigenvalue weighted by molar-refractivity contribution is 5.74. The SMILES string of the molecule is CN=CNc1nc[nH]c1CN. The molecule has 0 fully saturated rings. The van der Waals surface area contributed by atoms with Gasteiger partial charge in [-0.25, -0.2) is 4.98 Å². The van der Waals surface area contributed by atoms with Crippen LogP contribution in [-0.4, -0.2) is 23.4 Å². The number of rotatable bonds is 3. The standard InChI is InChI=1S/C6H11N5/c1-8-3-10-6-5(2-7)9-4-11-6/h3-4H,2,7H2,1H3,(H,8,10)(H,9,11). The van der Waals surface area contributed by atoms with Crippen molar-refractivity contribution in [1.82, 2.24) is 9.97 Å². The molecule has 0 saturated carbocycles. The number of hydrogen-bond acceptors (Lipinski definition) is 3. The summed E-state index contributed by atoms with van der Waals surface area (Å²) in [5.41, 5.74) is 6.29. The molecule has 1 heterocycles. The summed E-state index contributed by atoms with van der Waals surface area (Å²) in [6, 6.07) is 0. The van der Waals surface area contributed by atoms with Gasteiger partial charge in [0.2, 0.25) is 0 Å². The summed E-state index contributed by atoms with van der Waals surface area (Å²) < 4.78 is 0. The second kappa shape index (κ2) is 3.72. The van der Waals surface area contributed by atoms with Crippen molar-refractivity contribution in [3.05, 3.63) is 12.0 Å². The van der Waals surface area contributed by atoms with Crippen LogP contribution in [0.25, 0.3) is 0 Å². The van der Waals surface area contributed by atoms with Gasteiger partial charge in [0.25, 0.3) is 0 Å². The second-order valence-corrected chi connectivity index (χ2v) is 1.97. The molecule has 0 bridgehead atoms. The zero-order chi connectivity index (χ0) is 8.10. The minimum atomic E-state index is 0.444. The zero-order valence-electron chi connectivity index (χ0n) is 6.33. The molecule has 1 aromatic heterocycles. The Morgan fingerprint density at radius 3 is 3.36 bits per heavy atom. The van der Waals surface area contributed by atoms with Gasteiger partial charge in [0, 0.05) is 13.6 Å². The molecule has 11 heavy (non-hydrogen) atoms. The van der Waals surface area contributed by atoms with E-state index in [1.54, 1.807) is 19.7 Å². The molecule has 0 radical (unpaired) electrons. The fourth-order valence-electron chi connectivity index (χ4n) is 0.727. The minimum absolute atomic E-state index is 0.444. The Balaban J connectivity index is 2.68. The van der Waals surface area contributed by atoms with Crippen molar-refractivity contribution < 1.29 is 0 Å². The molecule has 1 aromatic rings. The highest BCUT2D eigenvalue weighted by atomic mass is 15.1. The summed E-state index contributed by atoms with van der Waals surface area (Å²) in [5.74, 6) is 0.734. The molecule has 1 rings (SSSR count). The summed E-state index contributed by atoms with van der Waals surface area (Å²) in [6.07, 6.45) is 3.16. The molecular formula is C6H11N5. The van der Waals surface area contributed by atoms with Crippen molar-refractivity contribution in [3.8, 4) is 0 Å². The predicted molar refractivity (Wildman–Crippen MR) is 44.5 cm³/mol. The quantitative estimate of drug-likeness (QED) is 0.420. The summed E-state index contributed by atoms with van der Waals surface area (Å²) in [4.78, 5) is 10.6. The van der Waals surface area contributed by atoms with E-state index < -0.39 is 0 Å². The van der Waals surface area contributed by atoms with Crippen molar-refractivity contribution >= 4 is 12.2 Å². The lowest BCUT2D eigenvalue weighted by Gasteiger charge is -1.96. The van der Waals surface area contributed by atoms with Crippen LogP contribution in [-0.2, 0) is 6.54 Å². The van der Waals surface area contributed by atoms with E-state index in [1.807, 2.05) is 0 Å². The number of hydrogen-bond donors (Lipinski definition) is 3. The molecular weight excluding hydrogens is 142 g/mol. The first-order valence-corrected chi connectivity index (χ1v) is 3.28. The Kier molecular flexibility index (Phi) is 2.62. The molecule has 0 amide bonds. The van der Waals surface area contributed by atoms with E-state index in [9.17, 15) is 0 Å². The van der Waals surface area contributed by atoms with Crippen LogP contribution in [0.3, 0.4) is 0 Å². The van der Waals surface area contributed by atoms with Crippen molar-refractivity contribution in [1.29, 1.82) is 0 Å². The first-order chi connectivity index (χ1) is 5.38. The first kappa shape index (κ1) is 7.74. The lowest BCUT2D eigenvalue weighted by Crippen LogP contribution is -2.03. The van der Waals surface area contributed by atoms with Crippen LogP contribution >= 0.6 is 0 Å². The Hall–Kier alpha value is -1.36. The van der Waals surface area contributed by atoms with Crippen molar-refractivity contribution in [2.24, 2.45) is 10.7 Å². The van der Waals surface area contributed by atoms with Crippen LogP contribution in [0.4, 0.5) is 5.82 Å². The molecule has 0 aliphatic rings. The average Bonchev–Trinajstić information content (AvgIpc) is 2.47. The van der Waals surface area contributed by atoms with Crippen LogP contribution < -0.4 is 11.1 Å². The third-order valence-electron chi connectivity index (χ3n) is 1.25. The van der Waals surface area contributed by atoms with E-state index in [4.69, 9.17) is 5.73 Å². The van der Waals surface area contributed by atoms with Gasteiger partial charge in [-0.15, -0.1) is 0 Å². The van der Waals surface area contributed by atoms with Crippen molar-refractivity contribution in [3.63, 3.8) is 0 Å². The lowest BCUT2D eigenvalue weighted by atomic mass is 10.4. The third kappa shape index (κ3) is 1.78. The maximum Gasteiger partial charge on any atom is 0.153 e. The summed E-state index contributed by atoms with van der Waals surface area (Å²) in [6.45, 7) is 0.444. The van der Waals surface area contributed by atoms with E-state index in [0.717, 1.165) is 11.5 Å². The van der Waals surface area contributed by atoms with Crippen molar-refractivity contribution in [2.75, 3.05) is 12.4 Å². The van der Waals surface area contributed by atoms with Crippen molar-refractivity contribution in [2.45, 2.75) is 6.54 Å². The third-order valence-corrected chi connectivity index (χ3v) is 1.25. The van der Waals surface area contributed by atoms with E-state index in [2.05, 4.69) is 20.3 Å². The van der Waals surface area contributed by atoms with Gasteiger partial charge in [-0.1, -0.05) is 0 Å².